The van der Waals surface area contributed by atoms with Crippen molar-refractivity contribution in [2.45, 2.75) is 45.8 Å². The summed E-state index contributed by atoms with van der Waals surface area (Å²) in [4.78, 5) is 37.2. The van der Waals surface area contributed by atoms with Gasteiger partial charge in [-0.1, -0.05) is 74.5 Å². The van der Waals surface area contributed by atoms with E-state index in [2.05, 4.69) is 5.32 Å². The number of ketones is 1. The predicted octanol–water partition coefficient (Wildman–Crippen LogP) is 4.34. The highest BCUT2D eigenvalue weighted by Crippen LogP contribution is 2.34. The zero-order valence-electron chi connectivity index (χ0n) is 17.8. The average molecular weight is 421 g/mol. The Hall–Kier alpha value is -3.41. The average Bonchev–Trinajstić information content (AvgIpc) is 2.72. The molecule has 31 heavy (non-hydrogen) atoms. The number of esters is 1. The van der Waals surface area contributed by atoms with E-state index in [4.69, 9.17) is 9.47 Å². The number of benzene rings is 2. The second kappa shape index (κ2) is 10.1. The summed E-state index contributed by atoms with van der Waals surface area (Å²) in [5.41, 5.74) is 1.42. The molecule has 0 heterocycles. The van der Waals surface area contributed by atoms with Crippen LogP contribution in [0.25, 0.3) is 0 Å². The quantitative estimate of drug-likeness (QED) is 0.673. The lowest BCUT2D eigenvalue weighted by Gasteiger charge is -2.28. The van der Waals surface area contributed by atoms with Gasteiger partial charge in [0.05, 0.1) is 0 Å². The van der Waals surface area contributed by atoms with Crippen molar-refractivity contribution in [1.29, 1.82) is 0 Å². The molecule has 0 radical (unpaired) electrons. The van der Waals surface area contributed by atoms with Gasteiger partial charge in [0, 0.05) is 25.3 Å². The SMILES string of the molecule is CC1(C)CC(=O)C=C(OC(=O)[C@H](Cc2ccccc2)NC(=O)OCc2ccccc2)C1. The van der Waals surface area contributed by atoms with E-state index < -0.39 is 18.1 Å². The number of alkyl carbamates (subject to hydrolysis) is 1. The Morgan fingerprint density at radius 1 is 0.968 bits per heavy atom. The smallest absolute Gasteiger partial charge is 0.408 e. The summed E-state index contributed by atoms with van der Waals surface area (Å²) in [6, 6.07) is 17.6. The molecule has 0 aromatic heterocycles. The monoisotopic (exact) mass is 421 g/mol. The molecule has 1 amide bonds. The number of hydrogen-bond acceptors (Lipinski definition) is 5. The third-order valence-corrected chi connectivity index (χ3v) is 4.93. The minimum Gasteiger partial charge on any atom is -0.445 e. The topological polar surface area (TPSA) is 81.7 Å². The Kier molecular flexibility index (Phi) is 7.23. The van der Waals surface area contributed by atoms with Crippen molar-refractivity contribution in [3.63, 3.8) is 0 Å². The van der Waals surface area contributed by atoms with Gasteiger partial charge in [0.2, 0.25) is 0 Å². The van der Waals surface area contributed by atoms with Crippen molar-refractivity contribution in [2.24, 2.45) is 5.41 Å². The first-order valence-corrected chi connectivity index (χ1v) is 10.3. The molecule has 2 aromatic carbocycles. The van der Waals surface area contributed by atoms with Crippen LogP contribution in [0.2, 0.25) is 0 Å². The molecule has 1 aliphatic rings. The van der Waals surface area contributed by atoms with Crippen LogP contribution < -0.4 is 5.32 Å². The number of amides is 1. The van der Waals surface area contributed by atoms with Crippen LogP contribution in [0.3, 0.4) is 0 Å². The van der Waals surface area contributed by atoms with Gasteiger partial charge in [-0.2, -0.15) is 0 Å². The molecular formula is C25H27NO5. The first-order chi connectivity index (χ1) is 14.8. The van der Waals surface area contributed by atoms with E-state index in [0.717, 1.165) is 11.1 Å². The molecule has 1 N–H and O–H groups in total. The second-order valence-electron chi connectivity index (χ2n) is 8.46. The van der Waals surface area contributed by atoms with Crippen molar-refractivity contribution >= 4 is 17.8 Å². The van der Waals surface area contributed by atoms with Gasteiger partial charge >= 0.3 is 12.1 Å². The van der Waals surface area contributed by atoms with Crippen molar-refractivity contribution in [2.75, 3.05) is 0 Å². The normalized spacial score (nSPS) is 16.1. The van der Waals surface area contributed by atoms with Crippen LogP contribution in [-0.2, 0) is 32.1 Å². The van der Waals surface area contributed by atoms with Crippen LogP contribution in [0.5, 0.6) is 0 Å². The van der Waals surface area contributed by atoms with Gasteiger partial charge in [-0.3, -0.25) is 4.79 Å². The zero-order valence-corrected chi connectivity index (χ0v) is 17.8. The van der Waals surface area contributed by atoms with Crippen LogP contribution in [-0.4, -0.2) is 23.9 Å². The van der Waals surface area contributed by atoms with E-state index in [1.807, 2.05) is 74.5 Å². The minimum atomic E-state index is -0.952. The third kappa shape index (κ3) is 7.10. The summed E-state index contributed by atoms with van der Waals surface area (Å²) in [6.07, 6.45) is 1.78. The molecule has 1 atom stereocenters. The fraction of sp³-hybridized carbons (Fsp3) is 0.320. The van der Waals surface area contributed by atoms with Crippen LogP contribution in [0.15, 0.2) is 72.5 Å². The summed E-state index contributed by atoms with van der Waals surface area (Å²) in [5.74, 6) is -0.380. The third-order valence-electron chi connectivity index (χ3n) is 4.93. The first kappa shape index (κ1) is 22.3. The maximum absolute atomic E-state index is 12.9. The first-order valence-electron chi connectivity index (χ1n) is 10.3. The Morgan fingerprint density at radius 2 is 1.58 bits per heavy atom. The van der Waals surface area contributed by atoms with Gasteiger partial charge < -0.3 is 14.8 Å². The maximum Gasteiger partial charge on any atom is 0.408 e. The molecule has 6 nitrogen and oxygen atoms in total. The van der Waals surface area contributed by atoms with Crippen LogP contribution in [0, 0.1) is 5.41 Å². The Balaban J connectivity index is 1.67. The summed E-state index contributed by atoms with van der Waals surface area (Å²) in [7, 11) is 0. The van der Waals surface area contributed by atoms with Gasteiger partial charge in [-0.15, -0.1) is 0 Å². The Morgan fingerprint density at radius 3 is 2.19 bits per heavy atom. The number of nitrogens with one attached hydrogen (secondary N) is 1. The number of allylic oxidation sites excluding steroid dienone is 2. The highest BCUT2D eigenvalue weighted by Gasteiger charge is 2.31. The van der Waals surface area contributed by atoms with E-state index in [1.165, 1.54) is 6.08 Å². The van der Waals surface area contributed by atoms with E-state index in [0.29, 0.717) is 18.6 Å². The number of rotatable bonds is 7. The highest BCUT2D eigenvalue weighted by molar-refractivity contribution is 5.92. The molecule has 0 spiro atoms. The molecule has 0 bridgehead atoms. The van der Waals surface area contributed by atoms with Gasteiger partial charge in [-0.25, -0.2) is 9.59 Å². The second-order valence-corrected chi connectivity index (χ2v) is 8.46. The van der Waals surface area contributed by atoms with E-state index in [1.54, 1.807) is 0 Å². The lowest BCUT2D eigenvalue weighted by molar-refractivity contribution is -0.142. The number of carbonyl (C=O) groups is 3. The lowest BCUT2D eigenvalue weighted by Crippen LogP contribution is -2.43. The summed E-state index contributed by atoms with van der Waals surface area (Å²) >= 11 is 0. The molecule has 6 heteroatoms. The number of ether oxygens (including phenoxy) is 2. The molecule has 0 fully saturated rings. The molecule has 162 valence electrons. The highest BCUT2D eigenvalue weighted by atomic mass is 16.6. The maximum atomic E-state index is 12.9. The zero-order chi connectivity index (χ0) is 22.3. The van der Waals surface area contributed by atoms with Gasteiger partial charge in [0.15, 0.2) is 5.78 Å². The predicted molar refractivity (Wildman–Crippen MR) is 116 cm³/mol. The van der Waals surface area contributed by atoms with Crippen molar-refractivity contribution < 1.29 is 23.9 Å². The molecule has 3 rings (SSSR count). The summed E-state index contributed by atoms with van der Waals surface area (Å²) in [5, 5.41) is 2.61. The van der Waals surface area contributed by atoms with Crippen molar-refractivity contribution in [3.05, 3.63) is 83.6 Å². The van der Waals surface area contributed by atoms with Gasteiger partial charge in [-0.05, 0) is 16.5 Å². The standard InChI is InChI=1S/C25H27NO5/c1-25(2)15-20(27)14-21(16-25)31-23(28)22(13-18-9-5-3-6-10-18)26-24(29)30-17-19-11-7-4-8-12-19/h3-12,14,22H,13,15-17H2,1-2H3,(H,26,29)/t22-/m0/s1. The minimum absolute atomic E-state index is 0.0751. The summed E-state index contributed by atoms with van der Waals surface area (Å²) < 4.78 is 10.8. The molecule has 0 aliphatic heterocycles. The fourth-order valence-electron chi connectivity index (χ4n) is 3.50. The van der Waals surface area contributed by atoms with Crippen LogP contribution >= 0.6 is 0 Å². The lowest BCUT2D eigenvalue weighted by atomic mass is 9.79. The van der Waals surface area contributed by atoms with Crippen molar-refractivity contribution in [3.8, 4) is 0 Å². The molecule has 0 saturated heterocycles. The molecular weight excluding hydrogens is 394 g/mol. The molecule has 2 aromatic rings. The van der Waals surface area contributed by atoms with Crippen LogP contribution in [0.1, 0.15) is 37.8 Å². The molecule has 0 unspecified atom stereocenters. The fourth-order valence-corrected chi connectivity index (χ4v) is 3.50. The van der Waals surface area contributed by atoms with Crippen LogP contribution in [0.4, 0.5) is 4.79 Å². The number of hydrogen-bond donors (Lipinski definition) is 1. The number of carbonyl (C=O) groups excluding carboxylic acids is 3. The van der Waals surface area contributed by atoms with E-state index in [-0.39, 0.29) is 24.2 Å². The Bertz CT molecular complexity index is 950. The Labute approximate surface area is 182 Å². The van der Waals surface area contributed by atoms with E-state index in [9.17, 15) is 14.4 Å². The van der Waals surface area contributed by atoms with Crippen molar-refractivity contribution in [1.82, 2.24) is 5.32 Å². The molecule has 1 aliphatic carbocycles. The molecule has 0 saturated carbocycles. The summed E-state index contributed by atoms with van der Waals surface area (Å²) in [6.45, 7) is 3.99. The largest absolute Gasteiger partial charge is 0.445 e. The van der Waals surface area contributed by atoms with Gasteiger partial charge in [0.1, 0.15) is 18.4 Å². The van der Waals surface area contributed by atoms with Gasteiger partial charge in [0.25, 0.3) is 0 Å². The van der Waals surface area contributed by atoms with E-state index >= 15 is 0 Å².